The summed E-state index contributed by atoms with van der Waals surface area (Å²) in [5.41, 5.74) is 7.12. The Labute approximate surface area is 110 Å². The van der Waals surface area contributed by atoms with Gasteiger partial charge in [-0.2, -0.15) is 0 Å². The van der Waals surface area contributed by atoms with Crippen molar-refractivity contribution in [1.82, 2.24) is 0 Å². The molecule has 18 heavy (non-hydrogen) atoms. The minimum absolute atomic E-state index is 0.134. The average molecular weight is 265 g/mol. The molecule has 2 aromatic rings. The average Bonchev–Trinajstić information content (AvgIpc) is 2.75. The Morgan fingerprint density at radius 2 is 1.89 bits per heavy atom. The number of hydrogen-bond acceptors (Lipinski definition) is 3. The molecule has 0 saturated heterocycles. The van der Waals surface area contributed by atoms with Crippen LogP contribution in [0.25, 0.3) is 0 Å². The summed E-state index contributed by atoms with van der Waals surface area (Å²) < 4.78 is 18.1. The van der Waals surface area contributed by atoms with Crippen molar-refractivity contribution >= 4 is 11.8 Å². The van der Waals surface area contributed by atoms with Gasteiger partial charge in [-0.05, 0) is 30.7 Å². The first-order valence-electron chi connectivity index (χ1n) is 5.79. The van der Waals surface area contributed by atoms with Crippen LogP contribution in [0.3, 0.4) is 0 Å². The molecule has 2 nitrogen and oxygen atoms in total. The van der Waals surface area contributed by atoms with Crippen molar-refractivity contribution in [2.75, 3.05) is 0 Å². The largest absolute Gasteiger partial charge is 0.468 e. The highest BCUT2D eigenvalue weighted by molar-refractivity contribution is 8.00. The second kappa shape index (κ2) is 5.59. The third kappa shape index (κ3) is 2.94. The molecule has 0 saturated carbocycles. The normalized spacial score (nSPS) is 14.4. The predicted molar refractivity (Wildman–Crippen MR) is 72.1 cm³/mol. The quantitative estimate of drug-likeness (QED) is 0.852. The molecule has 2 atom stereocenters. The molecule has 1 aromatic carbocycles. The topological polar surface area (TPSA) is 39.2 Å². The van der Waals surface area contributed by atoms with Crippen LogP contribution in [0.15, 0.2) is 45.9 Å². The third-order valence-electron chi connectivity index (χ3n) is 2.88. The SMILES string of the molecule is Cc1occc1SC(C)C(N)c1ccc(F)cc1. The Bertz CT molecular complexity index is 509. The molecule has 4 heteroatoms. The maximum atomic E-state index is 12.9. The van der Waals surface area contributed by atoms with Gasteiger partial charge in [-0.3, -0.25) is 0 Å². The highest BCUT2D eigenvalue weighted by Gasteiger charge is 2.17. The van der Waals surface area contributed by atoms with Crippen LogP contribution >= 0.6 is 11.8 Å². The molecule has 0 aliphatic carbocycles. The van der Waals surface area contributed by atoms with Crippen LogP contribution < -0.4 is 5.73 Å². The van der Waals surface area contributed by atoms with Gasteiger partial charge in [0, 0.05) is 16.2 Å². The summed E-state index contributed by atoms with van der Waals surface area (Å²) in [4.78, 5) is 1.10. The Kier molecular flexibility index (Phi) is 4.09. The van der Waals surface area contributed by atoms with Gasteiger partial charge in [-0.1, -0.05) is 19.1 Å². The highest BCUT2D eigenvalue weighted by atomic mass is 32.2. The molecule has 96 valence electrons. The second-order valence-electron chi connectivity index (χ2n) is 4.24. The molecular formula is C14H16FNOS. The van der Waals surface area contributed by atoms with Crippen LogP contribution in [0.1, 0.15) is 24.3 Å². The lowest BCUT2D eigenvalue weighted by Crippen LogP contribution is -2.21. The predicted octanol–water partition coefficient (Wildman–Crippen LogP) is 3.91. The van der Waals surface area contributed by atoms with Crippen LogP contribution in [-0.4, -0.2) is 5.25 Å². The van der Waals surface area contributed by atoms with Crippen LogP contribution in [0.5, 0.6) is 0 Å². The fourth-order valence-electron chi connectivity index (χ4n) is 1.73. The summed E-state index contributed by atoms with van der Waals surface area (Å²) in [6.07, 6.45) is 1.67. The molecule has 0 aliphatic heterocycles. The number of rotatable bonds is 4. The van der Waals surface area contributed by atoms with Gasteiger partial charge in [0.1, 0.15) is 11.6 Å². The Morgan fingerprint density at radius 1 is 1.22 bits per heavy atom. The Hall–Kier alpha value is -1.26. The zero-order valence-electron chi connectivity index (χ0n) is 10.4. The summed E-state index contributed by atoms with van der Waals surface area (Å²) in [5, 5.41) is 0.187. The van der Waals surface area contributed by atoms with E-state index in [2.05, 4.69) is 6.92 Å². The van der Waals surface area contributed by atoms with E-state index in [9.17, 15) is 4.39 Å². The van der Waals surface area contributed by atoms with Crippen molar-refractivity contribution in [3.8, 4) is 0 Å². The maximum Gasteiger partial charge on any atom is 0.123 e. The van der Waals surface area contributed by atoms with Crippen molar-refractivity contribution < 1.29 is 8.81 Å². The monoisotopic (exact) mass is 265 g/mol. The Balaban J connectivity index is 2.07. The van der Waals surface area contributed by atoms with Crippen LogP contribution in [-0.2, 0) is 0 Å². The summed E-state index contributed by atoms with van der Waals surface area (Å²) in [5.74, 6) is 0.662. The summed E-state index contributed by atoms with van der Waals surface area (Å²) in [6.45, 7) is 3.99. The minimum Gasteiger partial charge on any atom is -0.468 e. The fraction of sp³-hybridized carbons (Fsp3) is 0.286. The molecule has 0 radical (unpaired) electrons. The van der Waals surface area contributed by atoms with Gasteiger partial charge in [-0.15, -0.1) is 11.8 Å². The standard InChI is InChI=1S/C14H16FNOS/c1-9-13(7-8-17-9)18-10(2)14(16)11-3-5-12(15)6-4-11/h3-8,10,14H,16H2,1-2H3. The van der Waals surface area contributed by atoms with Gasteiger partial charge >= 0.3 is 0 Å². The van der Waals surface area contributed by atoms with Crippen LogP contribution in [0.2, 0.25) is 0 Å². The molecule has 2 rings (SSSR count). The van der Waals surface area contributed by atoms with Crippen molar-refractivity contribution in [2.45, 2.75) is 30.0 Å². The van der Waals surface area contributed by atoms with Crippen molar-refractivity contribution in [1.29, 1.82) is 0 Å². The van der Waals surface area contributed by atoms with Gasteiger partial charge < -0.3 is 10.2 Å². The van der Waals surface area contributed by atoms with E-state index >= 15 is 0 Å². The van der Waals surface area contributed by atoms with E-state index in [-0.39, 0.29) is 17.1 Å². The number of halogens is 1. The maximum absolute atomic E-state index is 12.9. The molecule has 2 unspecified atom stereocenters. The molecule has 1 heterocycles. The zero-order valence-corrected chi connectivity index (χ0v) is 11.2. The second-order valence-corrected chi connectivity index (χ2v) is 5.66. The molecule has 0 fully saturated rings. The lowest BCUT2D eigenvalue weighted by Gasteiger charge is -2.19. The van der Waals surface area contributed by atoms with Gasteiger partial charge in [-0.25, -0.2) is 4.39 Å². The smallest absolute Gasteiger partial charge is 0.123 e. The van der Waals surface area contributed by atoms with E-state index in [0.29, 0.717) is 0 Å². The van der Waals surface area contributed by atoms with Crippen molar-refractivity contribution in [2.24, 2.45) is 5.73 Å². The molecule has 0 amide bonds. The summed E-state index contributed by atoms with van der Waals surface area (Å²) in [6, 6.07) is 8.16. The van der Waals surface area contributed by atoms with E-state index in [1.54, 1.807) is 30.2 Å². The van der Waals surface area contributed by atoms with Gasteiger partial charge in [0.25, 0.3) is 0 Å². The van der Waals surface area contributed by atoms with E-state index in [1.807, 2.05) is 13.0 Å². The van der Waals surface area contributed by atoms with Crippen LogP contribution in [0.4, 0.5) is 4.39 Å². The number of furan rings is 1. The molecular weight excluding hydrogens is 249 g/mol. The molecule has 0 bridgehead atoms. The number of hydrogen-bond donors (Lipinski definition) is 1. The van der Waals surface area contributed by atoms with Gasteiger partial charge in [0.2, 0.25) is 0 Å². The van der Waals surface area contributed by atoms with Crippen molar-refractivity contribution in [3.63, 3.8) is 0 Å². The van der Waals surface area contributed by atoms with E-state index < -0.39 is 0 Å². The first-order chi connectivity index (χ1) is 8.58. The number of aryl methyl sites for hydroxylation is 1. The number of thioether (sulfide) groups is 1. The fourth-order valence-corrected chi connectivity index (χ4v) is 2.78. The molecule has 1 aromatic heterocycles. The molecule has 0 aliphatic rings. The van der Waals surface area contributed by atoms with E-state index in [0.717, 1.165) is 16.2 Å². The lowest BCUT2D eigenvalue weighted by molar-refractivity contribution is 0.526. The number of nitrogens with two attached hydrogens (primary N) is 1. The first-order valence-corrected chi connectivity index (χ1v) is 6.67. The number of benzene rings is 1. The Morgan fingerprint density at radius 3 is 2.44 bits per heavy atom. The summed E-state index contributed by atoms with van der Waals surface area (Å²) >= 11 is 1.67. The van der Waals surface area contributed by atoms with Gasteiger partial charge in [0.05, 0.1) is 6.26 Å². The summed E-state index contributed by atoms with van der Waals surface area (Å²) in [7, 11) is 0. The van der Waals surface area contributed by atoms with Gasteiger partial charge in [0.15, 0.2) is 0 Å². The minimum atomic E-state index is -0.239. The highest BCUT2D eigenvalue weighted by Crippen LogP contribution is 2.33. The third-order valence-corrected chi connectivity index (χ3v) is 4.23. The molecule has 2 N–H and O–H groups in total. The van der Waals surface area contributed by atoms with Crippen molar-refractivity contribution in [3.05, 3.63) is 53.7 Å². The molecule has 0 spiro atoms. The lowest BCUT2D eigenvalue weighted by atomic mass is 10.1. The van der Waals surface area contributed by atoms with Crippen LogP contribution in [0, 0.1) is 12.7 Å². The zero-order chi connectivity index (χ0) is 13.1. The van der Waals surface area contributed by atoms with E-state index in [1.165, 1.54) is 12.1 Å². The first kappa shape index (κ1) is 13.2. The van der Waals surface area contributed by atoms with E-state index in [4.69, 9.17) is 10.2 Å².